The van der Waals surface area contributed by atoms with E-state index in [0.29, 0.717) is 16.8 Å². The highest BCUT2D eigenvalue weighted by Crippen LogP contribution is 2.28. The van der Waals surface area contributed by atoms with Gasteiger partial charge in [-0.05, 0) is 32.9 Å². The van der Waals surface area contributed by atoms with E-state index in [0.717, 1.165) is 0 Å². The summed E-state index contributed by atoms with van der Waals surface area (Å²) < 4.78 is 0. The SMILES string of the molecule is C=C/C=C(\C=C/C)N1C(=O)C(=C/C)/C(=C\C)C1=O. The van der Waals surface area contributed by atoms with Gasteiger partial charge >= 0.3 is 0 Å². The van der Waals surface area contributed by atoms with Crippen LogP contribution in [0.5, 0.6) is 0 Å². The predicted octanol–water partition coefficient (Wildman–Crippen LogP) is 2.89. The average molecular weight is 243 g/mol. The van der Waals surface area contributed by atoms with Crippen LogP contribution >= 0.6 is 0 Å². The number of imide groups is 1. The number of hydrogen-bond acceptors (Lipinski definition) is 2. The first-order valence-corrected chi connectivity index (χ1v) is 5.79. The number of rotatable bonds is 3. The van der Waals surface area contributed by atoms with Gasteiger partial charge in [-0.25, -0.2) is 4.90 Å². The lowest BCUT2D eigenvalue weighted by atomic mass is 10.1. The van der Waals surface area contributed by atoms with E-state index in [2.05, 4.69) is 6.58 Å². The predicted molar refractivity (Wildman–Crippen MR) is 72.5 cm³/mol. The molecule has 1 aliphatic rings. The van der Waals surface area contributed by atoms with Crippen LogP contribution in [0.3, 0.4) is 0 Å². The van der Waals surface area contributed by atoms with Gasteiger partial charge in [0, 0.05) is 11.1 Å². The fourth-order valence-electron chi connectivity index (χ4n) is 1.85. The van der Waals surface area contributed by atoms with E-state index in [1.54, 1.807) is 50.3 Å². The summed E-state index contributed by atoms with van der Waals surface area (Å²) >= 11 is 0. The van der Waals surface area contributed by atoms with Crippen molar-refractivity contribution in [3.8, 4) is 0 Å². The smallest absolute Gasteiger partial charge is 0.265 e. The molecule has 3 heteroatoms. The van der Waals surface area contributed by atoms with Crippen LogP contribution in [0.15, 0.2) is 59.9 Å². The summed E-state index contributed by atoms with van der Waals surface area (Å²) in [5, 5.41) is 0. The first-order chi connectivity index (χ1) is 8.62. The molecule has 0 bridgehead atoms. The molecule has 0 saturated carbocycles. The molecule has 94 valence electrons. The van der Waals surface area contributed by atoms with E-state index in [-0.39, 0.29) is 11.8 Å². The van der Waals surface area contributed by atoms with E-state index in [1.165, 1.54) is 4.90 Å². The van der Waals surface area contributed by atoms with Crippen LogP contribution in [0, 0.1) is 0 Å². The number of nitrogens with zero attached hydrogens (tertiary/aromatic N) is 1. The molecule has 1 saturated heterocycles. The summed E-state index contributed by atoms with van der Waals surface area (Å²) in [6.07, 6.45) is 10.0. The molecular weight excluding hydrogens is 226 g/mol. The second kappa shape index (κ2) is 5.96. The molecule has 0 aromatic heterocycles. The largest absolute Gasteiger partial charge is 0.268 e. The van der Waals surface area contributed by atoms with Crippen molar-refractivity contribution in [1.82, 2.24) is 4.90 Å². The Morgan fingerprint density at radius 2 is 1.56 bits per heavy atom. The summed E-state index contributed by atoms with van der Waals surface area (Å²) in [6.45, 7) is 8.92. The summed E-state index contributed by atoms with van der Waals surface area (Å²) in [6, 6.07) is 0. The van der Waals surface area contributed by atoms with Crippen molar-refractivity contribution in [3.63, 3.8) is 0 Å². The Hall–Kier alpha value is -2.16. The molecule has 0 atom stereocenters. The standard InChI is InChI=1S/C15H17NO2/c1-5-9-11(10-6-2)16-14(17)12(7-3)13(8-4)15(16)18/h5-10H,1H2,2-4H3/b10-6-,11-9+,12-7+,13-8+. The van der Waals surface area contributed by atoms with Gasteiger partial charge in [-0.1, -0.05) is 30.9 Å². The minimum absolute atomic E-state index is 0.290. The van der Waals surface area contributed by atoms with Gasteiger partial charge in [0.05, 0.1) is 5.70 Å². The third kappa shape index (κ3) is 2.25. The molecule has 1 aliphatic heterocycles. The topological polar surface area (TPSA) is 37.4 Å². The van der Waals surface area contributed by atoms with E-state index in [9.17, 15) is 9.59 Å². The van der Waals surface area contributed by atoms with Crippen molar-refractivity contribution in [2.45, 2.75) is 20.8 Å². The molecule has 0 aromatic carbocycles. The highest BCUT2D eigenvalue weighted by Gasteiger charge is 2.38. The van der Waals surface area contributed by atoms with Crippen LogP contribution in [-0.2, 0) is 9.59 Å². The Labute approximate surface area is 107 Å². The van der Waals surface area contributed by atoms with Crippen molar-refractivity contribution < 1.29 is 9.59 Å². The van der Waals surface area contributed by atoms with Crippen molar-refractivity contribution in [2.75, 3.05) is 0 Å². The zero-order chi connectivity index (χ0) is 13.7. The molecule has 1 rings (SSSR count). The quantitative estimate of drug-likeness (QED) is 0.434. The first kappa shape index (κ1) is 13.9. The van der Waals surface area contributed by atoms with Crippen molar-refractivity contribution >= 4 is 11.8 Å². The van der Waals surface area contributed by atoms with Gasteiger partial charge in [0.1, 0.15) is 0 Å². The van der Waals surface area contributed by atoms with Crippen LogP contribution in [0.2, 0.25) is 0 Å². The van der Waals surface area contributed by atoms with Gasteiger partial charge in [0.15, 0.2) is 0 Å². The molecule has 0 spiro atoms. The number of carbonyl (C=O) groups excluding carboxylic acids is 2. The maximum atomic E-state index is 12.2. The summed E-state index contributed by atoms with van der Waals surface area (Å²) in [4.78, 5) is 25.6. The Balaban J connectivity index is 3.35. The second-order valence-corrected chi connectivity index (χ2v) is 3.68. The van der Waals surface area contributed by atoms with Crippen molar-refractivity contribution in [3.05, 3.63) is 59.9 Å². The summed E-state index contributed by atoms with van der Waals surface area (Å²) in [5.74, 6) is -0.580. The molecule has 1 heterocycles. The third-order valence-corrected chi connectivity index (χ3v) is 2.62. The van der Waals surface area contributed by atoms with Crippen LogP contribution < -0.4 is 0 Å². The lowest BCUT2D eigenvalue weighted by Gasteiger charge is -2.13. The highest BCUT2D eigenvalue weighted by molar-refractivity contribution is 6.25. The molecule has 1 fully saturated rings. The summed E-state index contributed by atoms with van der Waals surface area (Å²) in [7, 11) is 0. The monoisotopic (exact) mass is 243 g/mol. The first-order valence-electron chi connectivity index (χ1n) is 5.79. The van der Waals surface area contributed by atoms with E-state index in [1.807, 2.05) is 6.92 Å². The Kier molecular flexibility index (Phi) is 4.60. The van der Waals surface area contributed by atoms with Crippen molar-refractivity contribution in [1.29, 1.82) is 0 Å². The minimum atomic E-state index is -0.290. The van der Waals surface area contributed by atoms with Gasteiger partial charge < -0.3 is 0 Å². The number of allylic oxidation sites excluding steroid dienone is 6. The lowest BCUT2D eigenvalue weighted by Crippen LogP contribution is -2.28. The van der Waals surface area contributed by atoms with Crippen molar-refractivity contribution in [2.24, 2.45) is 0 Å². The zero-order valence-electron chi connectivity index (χ0n) is 10.9. The number of likely N-dealkylation sites (tertiary alicyclic amines) is 1. The molecule has 3 nitrogen and oxygen atoms in total. The molecule has 0 unspecified atom stereocenters. The third-order valence-electron chi connectivity index (χ3n) is 2.62. The fraction of sp³-hybridized carbons (Fsp3) is 0.200. The van der Waals surface area contributed by atoms with Gasteiger partial charge in [-0.2, -0.15) is 0 Å². The number of carbonyl (C=O) groups is 2. The Morgan fingerprint density at radius 3 is 1.89 bits per heavy atom. The average Bonchev–Trinajstić information content (AvgIpc) is 2.59. The Morgan fingerprint density at radius 1 is 1.06 bits per heavy atom. The van der Waals surface area contributed by atoms with E-state index < -0.39 is 0 Å². The fourth-order valence-corrected chi connectivity index (χ4v) is 1.85. The second-order valence-electron chi connectivity index (χ2n) is 3.68. The van der Waals surface area contributed by atoms with Gasteiger partial charge in [0.2, 0.25) is 0 Å². The molecular formula is C15H17NO2. The minimum Gasteiger partial charge on any atom is -0.268 e. The number of hydrogen-bond donors (Lipinski definition) is 0. The van der Waals surface area contributed by atoms with Crippen LogP contribution in [0.25, 0.3) is 0 Å². The molecule has 0 aromatic rings. The van der Waals surface area contributed by atoms with Gasteiger partial charge in [-0.3, -0.25) is 9.59 Å². The van der Waals surface area contributed by atoms with E-state index >= 15 is 0 Å². The maximum absolute atomic E-state index is 12.2. The molecule has 18 heavy (non-hydrogen) atoms. The van der Waals surface area contributed by atoms with Gasteiger partial charge in [-0.15, -0.1) is 0 Å². The molecule has 0 aliphatic carbocycles. The normalized spacial score (nSPS) is 21.7. The van der Waals surface area contributed by atoms with Gasteiger partial charge in [0.25, 0.3) is 11.8 Å². The maximum Gasteiger partial charge on any atom is 0.265 e. The van der Waals surface area contributed by atoms with Crippen LogP contribution in [0.4, 0.5) is 0 Å². The highest BCUT2D eigenvalue weighted by atomic mass is 16.2. The lowest BCUT2D eigenvalue weighted by molar-refractivity contribution is -0.133. The van der Waals surface area contributed by atoms with Crippen LogP contribution in [0.1, 0.15) is 20.8 Å². The van der Waals surface area contributed by atoms with Crippen LogP contribution in [-0.4, -0.2) is 16.7 Å². The molecule has 0 N–H and O–H groups in total. The zero-order valence-corrected chi connectivity index (χ0v) is 10.9. The molecule has 2 amide bonds. The van der Waals surface area contributed by atoms with E-state index in [4.69, 9.17) is 0 Å². The Bertz CT molecular complexity index is 475. The number of amides is 2. The summed E-state index contributed by atoms with van der Waals surface area (Å²) in [5.41, 5.74) is 1.42. The molecule has 0 radical (unpaired) electrons.